The van der Waals surface area contributed by atoms with Crippen LogP contribution in [-0.4, -0.2) is 68.5 Å². The molecule has 0 bridgehead atoms. The molecule has 446 valence electrons. The largest absolute Gasteiger partial charge is 0.756 e. The molecule has 9 heteroatoms. The lowest BCUT2D eigenvalue weighted by molar-refractivity contribution is -0.870. The van der Waals surface area contributed by atoms with Gasteiger partial charge in [-0.05, 0) is 44.9 Å². The van der Waals surface area contributed by atoms with Gasteiger partial charge in [0.15, 0.2) is 0 Å². The van der Waals surface area contributed by atoms with Gasteiger partial charge in [-0.3, -0.25) is 9.36 Å². The van der Waals surface area contributed by atoms with Crippen molar-refractivity contribution in [3.05, 3.63) is 24.3 Å². The molecule has 3 unspecified atom stereocenters. The van der Waals surface area contributed by atoms with Crippen LogP contribution in [0, 0.1) is 0 Å². The van der Waals surface area contributed by atoms with Crippen molar-refractivity contribution >= 4 is 13.7 Å². The molecule has 0 aromatic carbocycles. The first-order chi connectivity index (χ1) is 36.5. The Morgan fingerprint density at radius 1 is 0.467 bits per heavy atom. The Bertz CT molecular complexity index is 1270. The summed E-state index contributed by atoms with van der Waals surface area (Å²) in [6.45, 7) is 4.76. The SMILES string of the molecule is CCCCCCC/C=C\C/C=C\CCCCCCCCCCCC(=O)NC(COP(=O)([O-])OCC[N+](C)(C)C)C(O)CCCCCCCCCCCCCCCCCCCCCCCCCCCCCCCCCC. The number of carbonyl (C=O) groups excluding carboxylic acids is 1. The quantitative estimate of drug-likeness (QED) is 0.0272. The highest BCUT2D eigenvalue weighted by atomic mass is 31.2. The topological polar surface area (TPSA) is 108 Å². The molecule has 0 radical (unpaired) electrons. The van der Waals surface area contributed by atoms with Gasteiger partial charge in [-0.1, -0.05) is 314 Å². The number of unbranched alkanes of at least 4 members (excludes halogenated alkanes) is 45. The highest BCUT2D eigenvalue weighted by Crippen LogP contribution is 2.38. The molecule has 0 spiro atoms. The summed E-state index contributed by atoms with van der Waals surface area (Å²) in [5.74, 6) is -0.164. The first-order valence-electron chi connectivity index (χ1n) is 33.2. The van der Waals surface area contributed by atoms with Crippen LogP contribution in [0.3, 0.4) is 0 Å². The molecule has 2 N–H and O–H groups in total. The smallest absolute Gasteiger partial charge is 0.268 e. The van der Waals surface area contributed by atoms with E-state index in [9.17, 15) is 19.4 Å². The minimum atomic E-state index is -4.58. The number of phosphoric acid groups is 1. The second kappa shape index (κ2) is 57.7. The van der Waals surface area contributed by atoms with Crippen LogP contribution >= 0.6 is 7.82 Å². The van der Waals surface area contributed by atoms with Crippen LogP contribution in [-0.2, 0) is 18.4 Å². The third-order valence-corrected chi connectivity index (χ3v) is 16.4. The van der Waals surface area contributed by atoms with E-state index in [0.29, 0.717) is 23.9 Å². The van der Waals surface area contributed by atoms with Gasteiger partial charge in [0.1, 0.15) is 13.2 Å². The Kier molecular flexibility index (Phi) is 56.9. The first-order valence-corrected chi connectivity index (χ1v) is 34.6. The molecule has 75 heavy (non-hydrogen) atoms. The number of aliphatic hydroxyl groups excluding tert-OH is 1. The van der Waals surface area contributed by atoms with E-state index in [2.05, 4.69) is 43.5 Å². The van der Waals surface area contributed by atoms with Gasteiger partial charge in [0.05, 0.1) is 39.9 Å². The molecular formula is C66H131N2O6P. The number of hydrogen-bond donors (Lipinski definition) is 2. The van der Waals surface area contributed by atoms with E-state index in [1.165, 1.54) is 270 Å². The standard InChI is InChI=1S/C66H131N2O6P/c1-6-8-10-12-14-16-18-20-22-24-26-28-29-30-31-32-33-34-35-36-37-38-40-41-43-45-47-49-51-53-55-57-59-65(69)64(63-74-75(71,72)73-62-61-68(3,4)5)67-66(70)60-58-56-54-52-50-48-46-44-42-39-27-25-23-21-19-17-15-13-11-9-7-2/h19,21,25,27,64-65,69H,6-18,20,22-24,26,28-63H2,1-5H3,(H-,67,70,71,72)/b21-19-,27-25-. The van der Waals surface area contributed by atoms with Gasteiger partial charge in [-0.2, -0.15) is 0 Å². The van der Waals surface area contributed by atoms with Gasteiger partial charge >= 0.3 is 0 Å². The molecule has 0 rings (SSSR count). The van der Waals surface area contributed by atoms with Crippen LogP contribution in [0.2, 0.25) is 0 Å². The minimum Gasteiger partial charge on any atom is -0.756 e. The van der Waals surface area contributed by atoms with E-state index in [-0.39, 0.29) is 19.1 Å². The fraction of sp³-hybridized carbons (Fsp3) is 0.924. The van der Waals surface area contributed by atoms with Crippen molar-refractivity contribution in [2.75, 3.05) is 40.9 Å². The van der Waals surface area contributed by atoms with E-state index < -0.39 is 20.0 Å². The van der Waals surface area contributed by atoms with Crippen molar-refractivity contribution in [1.82, 2.24) is 5.32 Å². The Morgan fingerprint density at radius 3 is 1.11 bits per heavy atom. The van der Waals surface area contributed by atoms with Crippen molar-refractivity contribution in [2.45, 2.75) is 353 Å². The van der Waals surface area contributed by atoms with E-state index in [1.54, 1.807) is 0 Å². The van der Waals surface area contributed by atoms with Crippen LogP contribution in [0.4, 0.5) is 0 Å². The molecular weight excluding hydrogens is 948 g/mol. The number of quaternary nitrogens is 1. The lowest BCUT2D eigenvalue weighted by Crippen LogP contribution is -2.46. The number of amides is 1. The number of nitrogens with zero attached hydrogens (tertiary/aromatic N) is 1. The van der Waals surface area contributed by atoms with E-state index in [4.69, 9.17) is 9.05 Å². The summed E-state index contributed by atoms with van der Waals surface area (Å²) in [7, 11) is 1.32. The van der Waals surface area contributed by atoms with Gasteiger partial charge < -0.3 is 28.8 Å². The summed E-state index contributed by atoms with van der Waals surface area (Å²) < 4.78 is 23.5. The maximum absolute atomic E-state index is 13.0. The van der Waals surface area contributed by atoms with E-state index in [0.717, 1.165) is 44.9 Å². The third kappa shape index (κ3) is 60.5. The normalized spacial score (nSPS) is 13.9. The maximum Gasteiger partial charge on any atom is 0.268 e. The van der Waals surface area contributed by atoms with Crippen LogP contribution < -0.4 is 10.2 Å². The molecule has 0 aromatic heterocycles. The zero-order valence-corrected chi connectivity index (χ0v) is 51.9. The lowest BCUT2D eigenvalue weighted by atomic mass is 10.0. The molecule has 0 saturated carbocycles. The van der Waals surface area contributed by atoms with Crippen molar-refractivity contribution in [3.8, 4) is 0 Å². The third-order valence-electron chi connectivity index (χ3n) is 15.4. The number of hydrogen-bond acceptors (Lipinski definition) is 6. The molecule has 1 amide bonds. The molecule has 0 aliphatic carbocycles. The summed E-state index contributed by atoms with van der Waals surface area (Å²) in [5, 5.41) is 14.1. The van der Waals surface area contributed by atoms with E-state index in [1.807, 2.05) is 21.1 Å². The zero-order valence-electron chi connectivity index (χ0n) is 51.0. The molecule has 0 heterocycles. The average Bonchev–Trinajstić information content (AvgIpc) is 3.37. The molecule has 0 aliphatic heterocycles. The number of allylic oxidation sites excluding steroid dienone is 4. The lowest BCUT2D eigenvalue weighted by Gasteiger charge is -2.30. The number of phosphoric ester groups is 1. The van der Waals surface area contributed by atoms with Crippen molar-refractivity contribution in [1.29, 1.82) is 0 Å². The average molecular weight is 1080 g/mol. The van der Waals surface area contributed by atoms with Crippen molar-refractivity contribution in [2.24, 2.45) is 0 Å². The summed E-state index contributed by atoms with van der Waals surface area (Å²) >= 11 is 0. The van der Waals surface area contributed by atoms with Crippen LogP contribution in [0.25, 0.3) is 0 Å². The van der Waals surface area contributed by atoms with E-state index >= 15 is 0 Å². The number of likely N-dealkylation sites (N-methyl/N-ethyl adjacent to an activating group) is 1. The van der Waals surface area contributed by atoms with Crippen LogP contribution in [0.5, 0.6) is 0 Å². The van der Waals surface area contributed by atoms with Crippen LogP contribution in [0.15, 0.2) is 24.3 Å². The van der Waals surface area contributed by atoms with Gasteiger partial charge in [0.2, 0.25) is 5.91 Å². The maximum atomic E-state index is 13.0. The number of carbonyl (C=O) groups is 1. The Balaban J connectivity index is 4.02. The van der Waals surface area contributed by atoms with Gasteiger partial charge in [0.25, 0.3) is 7.82 Å². The van der Waals surface area contributed by atoms with Gasteiger partial charge in [-0.25, -0.2) is 0 Å². The molecule has 0 saturated heterocycles. The van der Waals surface area contributed by atoms with Crippen LogP contribution in [0.1, 0.15) is 341 Å². The fourth-order valence-electron chi connectivity index (χ4n) is 10.3. The second-order valence-electron chi connectivity index (χ2n) is 24.2. The van der Waals surface area contributed by atoms with Crippen molar-refractivity contribution < 1.29 is 32.9 Å². The molecule has 0 aliphatic rings. The summed E-state index contributed by atoms with van der Waals surface area (Å²) in [4.78, 5) is 25.6. The number of nitrogens with one attached hydrogen (secondary N) is 1. The minimum absolute atomic E-state index is 0.0127. The monoisotopic (exact) mass is 1080 g/mol. The predicted octanol–water partition coefficient (Wildman–Crippen LogP) is 20.1. The highest BCUT2D eigenvalue weighted by molar-refractivity contribution is 7.45. The number of aliphatic hydroxyl groups is 1. The molecule has 8 nitrogen and oxygen atoms in total. The van der Waals surface area contributed by atoms with Crippen molar-refractivity contribution in [3.63, 3.8) is 0 Å². The Hall–Kier alpha value is -1.02. The summed E-state index contributed by atoms with van der Waals surface area (Å²) in [6.07, 6.45) is 73.9. The summed E-state index contributed by atoms with van der Waals surface area (Å²) in [5.41, 5.74) is 0. The molecule has 3 atom stereocenters. The van der Waals surface area contributed by atoms with Gasteiger partial charge in [0, 0.05) is 6.42 Å². The summed E-state index contributed by atoms with van der Waals surface area (Å²) in [6, 6.07) is -0.803. The number of rotatable bonds is 62. The molecule has 0 aromatic rings. The first kappa shape index (κ1) is 74.0. The molecule has 0 fully saturated rings. The fourth-order valence-corrected chi connectivity index (χ4v) is 11.0. The Morgan fingerprint density at radius 2 is 0.773 bits per heavy atom. The Labute approximate surface area is 468 Å². The highest BCUT2D eigenvalue weighted by Gasteiger charge is 2.24. The van der Waals surface area contributed by atoms with Gasteiger partial charge in [-0.15, -0.1) is 0 Å². The zero-order chi connectivity index (χ0) is 54.9. The second-order valence-corrected chi connectivity index (χ2v) is 25.6. The predicted molar refractivity (Wildman–Crippen MR) is 325 cm³/mol.